The summed E-state index contributed by atoms with van der Waals surface area (Å²) in [5.41, 5.74) is -3.00. The molecule has 1 aromatic heterocycles. The summed E-state index contributed by atoms with van der Waals surface area (Å²) in [5.74, 6) is -0.592. The second-order valence-corrected chi connectivity index (χ2v) is 5.52. The van der Waals surface area contributed by atoms with Gasteiger partial charge in [-0.15, -0.1) is 0 Å². The molecule has 0 radical (unpaired) electrons. The van der Waals surface area contributed by atoms with Gasteiger partial charge in [0.2, 0.25) is 5.88 Å². The zero-order valence-electron chi connectivity index (χ0n) is 12.4. The van der Waals surface area contributed by atoms with Gasteiger partial charge < -0.3 is 10.2 Å². The molecule has 0 saturated carbocycles. The van der Waals surface area contributed by atoms with Crippen molar-refractivity contribution < 1.29 is 23.4 Å². The number of aliphatic hydroxyl groups excluding tert-OH is 1. The van der Waals surface area contributed by atoms with E-state index in [1.165, 1.54) is 12.1 Å². The third-order valence-electron chi connectivity index (χ3n) is 4.18. The highest BCUT2D eigenvalue weighted by atomic mass is 19.4. The van der Waals surface area contributed by atoms with Crippen molar-refractivity contribution in [1.82, 2.24) is 9.13 Å². The first-order valence-electron chi connectivity index (χ1n) is 7.02. The van der Waals surface area contributed by atoms with Crippen LogP contribution in [0.5, 0.6) is 5.88 Å². The van der Waals surface area contributed by atoms with Crippen LogP contribution in [0.4, 0.5) is 13.2 Å². The van der Waals surface area contributed by atoms with E-state index >= 15 is 0 Å². The van der Waals surface area contributed by atoms with Crippen molar-refractivity contribution in [2.24, 2.45) is 0 Å². The van der Waals surface area contributed by atoms with Crippen molar-refractivity contribution in [2.45, 2.75) is 32.2 Å². The quantitative estimate of drug-likeness (QED) is 0.831. The van der Waals surface area contributed by atoms with Crippen molar-refractivity contribution in [3.63, 3.8) is 0 Å². The SMILES string of the molecule is Cc1c(-n2c(O)c3n(c2=O)CC[C@@H]3O)ccc(C#N)c1C(F)(F)F. The van der Waals surface area contributed by atoms with Crippen LogP contribution in [0.25, 0.3) is 5.69 Å². The third kappa shape index (κ3) is 2.11. The maximum atomic E-state index is 13.3. The Labute approximate surface area is 133 Å². The van der Waals surface area contributed by atoms with E-state index in [1.807, 2.05) is 0 Å². The van der Waals surface area contributed by atoms with E-state index in [4.69, 9.17) is 5.26 Å². The van der Waals surface area contributed by atoms with Gasteiger partial charge in [-0.2, -0.15) is 18.4 Å². The van der Waals surface area contributed by atoms with Crippen LogP contribution in [0, 0.1) is 18.3 Å². The molecule has 9 heteroatoms. The molecule has 0 aliphatic carbocycles. The van der Waals surface area contributed by atoms with Crippen LogP contribution >= 0.6 is 0 Å². The highest BCUT2D eigenvalue weighted by molar-refractivity contribution is 5.55. The van der Waals surface area contributed by atoms with Gasteiger partial charge in [-0.1, -0.05) is 0 Å². The Hall–Kier alpha value is -2.73. The van der Waals surface area contributed by atoms with Gasteiger partial charge in [0.15, 0.2) is 0 Å². The molecule has 1 atom stereocenters. The number of nitriles is 1. The molecular formula is C15H12F3N3O3. The van der Waals surface area contributed by atoms with Crippen LogP contribution in [0.3, 0.4) is 0 Å². The molecule has 1 aliphatic rings. The number of hydrogen-bond donors (Lipinski definition) is 2. The molecule has 1 aromatic carbocycles. The summed E-state index contributed by atoms with van der Waals surface area (Å²) in [6.07, 6.45) is -5.59. The number of aromatic hydroxyl groups is 1. The number of alkyl halides is 3. The molecule has 0 amide bonds. The Morgan fingerprint density at radius 3 is 2.58 bits per heavy atom. The predicted molar refractivity (Wildman–Crippen MR) is 75.7 cm³/mol. The summed E-state index contributed by atoms with van der Waals surface area (Å²) in [6.45, 7) is 1.29. The van der Waals surface area contributed by atoms with Crippen molar-refractivity contribution >= 4 is 0 Å². The van der Waals surface area contributed by atoms with Gasteiger partial charge in [0.05, 0.1) is 22.9 Å². The number of nitrogens with zero attached hydrogens (tertiary/aromatic N) is 3. The first kappa shape index (κ1) is 16.1. The maximum Gasteiger partial charge on any atom is 0.418 e. The zero-order chi connectivity index (χ0) is 17.8. The molecule has 0 unspecified atom stereocenters. The van der Waals surface area contributed by atoms with Crippen molar-refractivity contribution in [3.8, 4) is 17.6 Å². The van der Waals surface area contributed by atoms with E-state index < -0.39 is 35.0 Å². The fourth-order valence-electron chi connectivity index (χ4n) is 3.10. The lowest BCUT2D eigenvalue weighted by Crippen LogP contribution is -2.24. The van der Waals surface area contributed by atoms with Gasteiger partial charge >= 0.3 is 11.9 Å². The predicted octanol–water partition coefficient (Wildman–Crippen LogP) is 1.98. The monoisotopic (exact) mass is 339 g/mol. The Morgan fingerprint density at radius 2 is 2.04 bits per heavy atom. The second-order valence-electron chi connectivity index (χ2n) is 5.52. The fourth-order valence-corrected chi connectivity index (χ4v) is 3.10. The van der Waals surface area contributed by atoms with Gasteiger partial charge in [-0.25, -0.2) is 9.36 Å². The van der Waals surface area contributed by atoms with E-state index in [1.54, 1.807) is 0 Å². The molecule has 24 heavy (non-hydrogen) atoms. The largest absolute Gasteiger partial charge is 0.493 e. The van der Waals surface area contributed by atoms with Crippen molar-refractivity contribution in [3.05, 3.63) is 45.0 Å². The minimum absolute atomic E-state index is 0.0164. The fraction of sp³-hybridized carbons (Fsp3) is 0.333. The summed E-state index contributed by atoms with van der Waals surface area (Å²) in [7, 11) is 0. The Kier molecular flexibility index (Phi) is 3.46. The molecule has 1 aliphatic heterocycles. The normalized spacial score (nSPS) is 16.9. The number of aromatic nitrogens is 2. The van der Waals surface area contributed by atoms with E-state index in [0.29, 0.717) is 0 Å². The number of fused-ring (bicyclic) bond motifs is 1. The topological polar surface area (TPSA) is 91.2 Å². The highest BCUT2D eigenvalue weighted by Crippen LogP contribution is 2.39. The molecule has 0 bridgehead atoms. The maximum absolute atomic E-state index is 13.3. The van der Waals surface area contributed by atoms with Gasteiger partial charge in [0.25, 0.3) is 0 Å². The smallest absolute Gasteiger partial charge is 0.418 e. The lowest BCUT2D eigenvalue weighted by atomic mass is 10.00. The van der Waals surface area contributed by atoms with Gasteiger partial charge in [-0.3, -0.25) is 4.57 Å². The van der Waals surface area contributed by atoms with Crippen LogP contribution in [-0.4, -0.2) is 19.3 Å². The van der Waals surface area contributed by atoms with Crippen LogP contribution in [0.2, 0.25) is 0 Å². The van der Waals surface area contributed by atoms with Gasteiger partial charge in [-0.05, 0) is 31.0 Å². The summed E-state index contributed by atoms with van der Waals surface area (Å²) >= 11 is 0. The van der Waals surface area contributed by atoms with Crippen LogP contribution < -0.4 is 5.69 Å². The number of aliphatic hydroxyl groups is 1. The second kappa shape index (κ2) is 5.14. The number of rotatable bonds is 1. The highest BCUT2D eigenvalue weighted by Gasteiger charge is 2.38. The molecule has 0 saturated heterocycles. The third-order valence-corrected chi connectivity index (χ3v) is 4.18. The number of benzene rings is 1. The first-order valence-corrected chi connectivity index (χ1v) is 7.02. The minimum Gasteiger partial charge on any atom is -0.493 e. The number of imidazole rings is 1. The summed E-state index contributed by atoms with van der Waals surface area (Å²) < 4.78 is 41.7. The number of hydrogen-bond acceptors (Lipinski definition) is 4. The molecule has 2 heterocycles. The Balaban J connectivity index is 2.33. The molecule has 0 spiro atoms. The summed E-state index contributed by atoms with van der Waals surface area (Å²) in [4.78, 5) is 12.4. The van der Waals surface area contributed by atoms with Gasteiger partial charge in [0.1, 0.15) is 11.8 Å². The van der Waals surface area contributed by atoms with E-state index in [2.05, 4.69) is 0 Å². The molecule has 6 nitrogen and oxygen atoms in total. The average Bonchev–Trinajstić information content (AvgIpc) is 2.99. The number of halogens is 3. The summed E-state index contributed by atoms with van der Waals surface area (Å²) in [5, 5.41) is 29.0. The Morgan fingerprint density at radius 1 is 1.38 bits per heavy atom. The summed E-state index contributed by atoms with van der Waals surface area (Å²) in [6, 6.07) is 3.61. The van der Waals surface area contributed by atoms with Crippen LogP contribution in [0.15, 0.2) is 16.9 Å². The van der Waals surface area contributed by atoms with Gasteiger partial charge in [0, 0.05) is 6.54 Å². The van der Waals surface area contributed by atoms with E-state index in [-0.39, 0.29) is 29.9 Å². The van der Waals surface area contributed by atoms with E-state index in [9.17, 15) is 28.2 Å². The van der Waals surface area contributed by atoms with Crippen molar-refractivity contribution in [2.75, 3.05) is 0 Å². The molecular weight excluding hydrogens is 327 g/mol. The molecule has 0 fully saturated rings. The minimum atomic E-state index is -4.79. The standard InChI is InChI=1S/C15H12F3N3O3/c1-7-9(3-2-8(6-19)11(7)15(16,17)18)21-13(23)12-10(22)4-5-20(12)14(21)24/h2-3,10,22-23H,4-5H2,1H3/t10-/m0/s1. The molecule has 2 N–H and O–H groups in total. The average molecular weight is 339 g/mol. The lowest BCUT2D eigenvalue weighted by Gasteiger charge is -2.16. The Bertz CT molecular complexity index is 935. The molecule has 2 aromatic rings. The first-order chi connectivity index (χ1) is 11.2. The van der Waals surface area contributed by atoms with E-state index in [0.717, 1.165) is 22.1 Å². The lowest BCUT2D eigenvalue weighted by molar-refractivity contribution is -0.138. The zero-order valence-corrected chi connectivity index (χ0v) is 12.4. The van der Waals surface area contributed by atoms with Crippen LogP contribution in [-0.2, 0) is 12.7 Å². The molecule has 126 valence electrons. The molecule has 3 rings (SSSR count). The van der Waals surface area contributed by atoms with Crippen molar-refractivity contribution in [1.29, 1.82) is 5.26 Å². The van der Waals surface area contributed by atoms with Crippen LogP contribution in [0.1, 0.15) is 34.9 Å².